The number of rotatable bonds is 2. The molecule has 0 aromatic heterocycles. The van der Waals surface area contributed by atoms with E-state index < -0.39 is 29.0 Å². The van der Waals surface area contributed by atoms with Crippen LogP contribution in [-0.2, 0) is 6.18 Å². The average molecular weight is 347 g/mol. The van der Waals surface area contributed by atoms with Crippen molar-refractivity contribution in [1.29, 1.82) is 0 Å². The average Bonchev–Trinajstić information content (AvgIpc) is 2.37. The summed E-state index contributed by atoms with van der Waals surface area (Å²) in [6.07, 6.45) is -9.29. The molecule has 22 heavy (non-hydrogen) atoms. The van der Waals surface area contributed by atoms with Crippen molar-refractivity contribution < 1.29 is 26.3 Å². The summed E-state index contributed by atoms with van der Waals surface area (Å²) < 4.78 is 77.9. The summed E-state index contributed by atoms with van der Waals surface area (Å²) in [6, 6.07) is 0.229. The van der Waals surface area contributed by atoms with Crippen LogP contribution in [0.5, 0.6) is 0 Å². The van der Waals surface area contributed by atoms with Crippen LogP contribution >= 0.6 is 11.6 Å². The van der Waals surface area contributed by atoms with Crippen LogP contribution in [0.2, 0.25) is 5.02 Å². The maximum atomic E-state index is 13.3. The van der Waals surface area contributed by atoms with Gasteiger partial charge in [-0.15, -0.1) is 0 Å². The number of hydrogen-bond donors (Lipinski definition) is 1. The molecule has 1 heterocycles. The van der Waals surface area contributed by atoms with E-state index in [1.165, 1.54) is 4.90 Å². The van der Waals surface area contributed by atoms with Gasteiger partial charge in [-0.2, -0.15) is 26.3 Å². The molecule has 0 unspecified atom stereocenters. The Hall–Kier alpha value is -0.990. The molecule has 2 nitrogen and oxygen atoms in total. The molecule has 0 bridgehead atoms. The molecule has 1 aromatic carbocycles. The summed E-state index contributed by atoms with van der Waals surface area (Å²) in [4.78, 5) is 1.19. The van der Waals surface area contributed by atoms with E-state index >= 15 is 0 Å². The fourth-order valence-corrected chi connectivity index (χ4v) is 2.77. The molecule has 1 saturated heterocycles. The third-order valence-corrected chi connectivity index (χ3v) is 3.75. The zero-order valence-corrected chi connectivity index (χ0v) is 12.0. The van der Waals surface area contributed by atoms with Crippen molar-refractivity contribution in [2.75, 3.05) is 26.2 Å². The number of hydrogen-bond acceptors (Lipinski definition) is 2. The molecule has 0 radical (unpaired) electrons. The predicted octanol–water partition coefficient (Wildman–Crippen LogP) is 3.87. The van der Waals surface area contributed by atoms with Crippen molar-refractivity contribution in [3.63, 3.8) is 0 Å². The number of benzene rings is 1. The minimum atomic E-state index is -4.70. The Kier molecular flexibility index (Phi) is 4.93. The smallest absolute Gasteiger partial charge is 0.314 e. The molecule has 1 atom stereocenters. The first kappa shape index (κ1) is 17.4. The van der Waals surface area contributed by atoms with Gasteiger partial charge >= 0.3 is 12.4 Å². The zero-order chi connectivity index (χ0) is 16.5. The molecule has 0 aliphatic carbocycles. The molecule has 1 N–H and O–H groups in total. The quantitative estimate of drug-likeness (QED) is 0.818. The molecule has 124 valence electrons. The highest BCUT2D eigenvalue weighted by Gasteiger charge is 2.45. The lowest BCUT2D eigenvalue weighted by atomic mass is 10.0. The van der Waals surface area contributed by atoms with Crippen molar-refractivity contribution in [2.24, 2.45) is 0 Å². The fourth-order valence-electron chi connectivity index (χ4n) is 2.48. The van der Waals surface area contributed by atoms with Crippen molar-refractivity contribution >= 4 is 11.6 Å². The Balaban J connectivity index is 2.38. The molecule has 2 rings (SSSR count). The first-order chi connectivity index (χ1) is 10.1. The van der Waals surface area contributed by atoms with Gasteiger partial charge < -0.3 is 5.32 Å². The second kappa shape index (κ2) is 6.25. The highest BCUT2D eigenvalue weighted by molar-refractivity contribution is 6.31. The topological polar surface area (TPSA) is 15.3 Å². The zero-order valence-electron chi connectivity index (χ0n) is 11.2. The monoisotopic (exact) mass is 346 g/mol. The lowest BCUT2D eigenvalue weighted by molar-refractivity contribution is -0.187. The van der Waals surface area contributed by atoms with Gasteiger partial charge in [-0.05, 0) is 17.7 Å². The largest absolute Gasteiger partial charge is 0.417 e. The van der Waals surface area contributed by atoms with Crippen LogP contribution in [0.25, 0.3) is 0 Å². The fraction of sp³-hybridized carbons (Fsp3) is 0.538. The molecule has 0 saturated carbocycles. The number of alkyl halides is 6. The van der Waals surface area contributed by atoms with E-state index in [1.54, 1.807) is 0 Å². The molecular formula is C13H13ClF6N2. The van der Waals surface area contributed by atoms with Crippen LogP contribution < -0.4 is 5.32 Å². The van der Waals surface area contributed by atoms with Gasteiger partial charge in [0.05, 0.1) is 10.6 Å². The van der Waals surface area contributed by atoms with Gasteiger partial charge in [0, 0.05) is 26.2 Å². The van der Waals surface area contributed by atoms with Crippen LogP contribution in [0.15, 0.2) is 18.2 Å². The maximum absolute atomic E-state index is 13.3. The molecule has 1 aromatic rings. The molecule has 9 heteroatoms. The minimum absolute atomic E-state index is 0.156. The number of nitrogens with one attached hydrogen (secondary N) is 1. The van der Waals surface area contributed by atoms with Crippen molar-refractivity contribution in [3.05, 3.63) is 34.3 Å². The van der Waals surface area contributed by atoms with E-state index in [2.05, 4.69) is 5.32 Å². The van der Waals surface area contributed by atoms with Gasteiger partial charge in [0.15, 0.2) is 0 Å². The van der Waals surface area contributed by atoms with Gasteiger partial charge in [-0.1, -0.05) is 17.7 Å². The van der Waals surface area contributed by atoms with Gasteiger partial charge in [0.25, 0.3) is 0 Å². The lowest BCUT2D eigenvalue weighted by Crippen LogP contribution is -2.49. The van der Waals surface area contributed by atoms with E-state index in [4.69, 9.17) is 11.6 Å². The van der Waals surface area contributed by atoms with E-state index in [9.17, 15) is 26.3 Å². The Labute approximate surface area is 128 Å². The summed E-state index contributed by atoms with van der Waals surface area (Å²) in [6.45, 7) is 1.09. The Morgan fingerprint density at radius 1 is 1.05 bits per heavy atom. The second-order valence-electron chi connectivity index (χ2n) is 4.97. The summed E-state index contributed by atoms with van der Waals surface area (Å²) >= 11 is 5.53. The third kappa shape index (κ3) is 3.85. The van der Waals surface area contributed by atoms with Gasteiger partial charge in [0.1, 0.15) is 6.04 Å². The second-order valence-corrected chi connectivity index (χ2v) is 5.37. The van der Waals surface area contributed by atoms with E-state index in [0.29, 0.717) is 19.2 Å². The number of piperazine rings is 1. The lowest BCUT2D eigenvalue weighted by Gasteiger charge is -2.36. The Morgan fingerprint density at radius 3 is 2.09 bits per heavy atom. The normalized spacial score (nSPS) is 19.2. The predicted molar refractivity (Wildman–Crippen MR) is 69.7 cm³/mol. The van der Waals surface area contributed by atoms with E-state index in [0.717, 1.165) is 12.1 Å². The van der Waals surface area contributed by atoms with E-state index in [1.807, 2.05) is 0 Å². The van der Waals surface area contributed by atoms with Crippen LogP contribution in [0.4, 0.5) is 26.3 Å². The summed E-state index contributed by atoms with van der Waals surface area (Å²) in [5.74, 6) is 0. The maximum Gasteiger partial charge on any atom is 0.417 e. The molecular weight excluding hydrogens is 334 g/mol. The standard InChI is InChI=1S/C13H13ClF6N2/c14-10-7-8(1-2-9(10)12(15,16)17)11(13(18,19)20)22-5-3-21-4-6-22/h1-2,7,11,21H,3-6H2/t11-/m0/s1. The van der Waals surface area contributed by atoms with Crippen LogP contribution in [-0.4, -0.2) is 37.3 Å². The molecule has 1 aliphatic heterocycles. The molecule has 0 spiro atoms. The van der Waals surface area contributed by atoms with Crippen LogP contribution in [0.1, 0.15) is 17.2 Å². The number of halogens is 7. The summed E-state index contributed by atoms with van der Waals surface area (Å²) in [7, 11) is 0. The Bertz CT molecular complexity index is 522. The Morgan fingerprint density at radius 2 is 1.64 bits per heavy atom. The van der Waals surface area contributed by atoms with Crippen molar-refractivity contribution in [2.45, 2.75) is 18.4 Å². The van der Waals surface area contributed by atoms with Gasteiger partial charge in [0.2, 0.25) is 0 Å². The SMILES string of the molecule is FC(F)(F)c1ccc([C@H](N2CCNCC2)C(F)(F)F)cc1Cl. The van der Waals surface area contributed by atoms with Gasteiger partial charge in [-0.3, -0.25) is 4.90 Å². The van der Waals surface area contributed by atoms with Crippen molar-refractivity contribution in [3.8, 4) is 0 Å². The van der Waals surface area contributed by atoms with Crippen molar-refractivity contribution in [1.82, 2.24) is 10.2 Å². The molecule has 0 amide bonds. The highest BCUT2D eigenvalue weighted by Crippen LogP contribution is 2.41. The molecule has 1 fully saturated rings. The third-order valence-electron chi connectivity index (χ3n) is 3.44. The first-order valence-electron chi connectivity index (χ1n) is 6.49. The van der Waals surface area contributed by atoms with Crippen LogP contribution in [0, 0.1) is 0 Å². The highest BCUT2D eigenvalue weighted by atomic mass is 35.5. The van der Waals surface area contributed by atoms with E-state index in [-0.39, 0.29) is 18.7 Å². The summed E-state index contributed by atoms with van der Waals surface area (Å²) in [5, 5.41) is 2.20. The van der Waals surface area contributed by atoms with Gasteiger partial charge in [-0.25, -0.2) is 0 Å². The van der Waals surface area contributed by atoms with Crippen LogP contribution in [0.3, 0.4) is 0 Å². The first-order valence-corrected chi connectivity index (χ1v) is 6.86. The minimum Gasteiger partial charge on any atom is -0.314 e. The molecule has 1 aliphatic rings. The number of nitrogens with zero attached hydrogens (tertiary/aromatic N) is 1. The summed E-state index contributed by atoms with van der Waals surface area (Å²) in [5.41, 5.74) is -1.42.